The summed E-state index contributed by atoms with van der Waals surface area (Å²) in [5, 5.41) is 14.7. The minimum absolute atomic E-state index is 0.0696. The van der Waals surface area contributed by atoms with E-state index in [4.69, 9.17) is 5.11 Å². The van der Waals surface area contributed by atoms with Crippen molar-refractivity contribution in [2.24, 2.45) is 5.92 Å². The van der Waals surface area contributed by atoms with Crippen LogP contribution in [0.3, 0.4) is 0 Å². The number of hydrogen-bond acceptors (Lipinski definition) is 3. The summed E-state index contributed by atoms with van der Waals surface area (Å²) in [6.45, 7) is 3.05. The molecule has 1 fully saturated rings. The quantitative estimate of drug-likeness (QED) is 0.613. The zero-order valence-corrected chi connectivity index (χ0v) is 9.66. The van der Waals surface area contributed by atoms with E-state index in [2.05, 4.69) is 10.6 Å². The van der Waals surface area contributed by atoms with Crippen LogP contribution in [0.2, 0.25) is 0 Å². The highest BCUT2D eigenvalue weighted by atomic mass is 16.4. The Hall–Kier alpha value is -1.10. The molecule has 1 rings (SSSR count). The average molecular weight is 228 g/mol. The molecule has 0 bridgehead atoms. The lowest BCUT2D eigenvalue weighted by Crippen LogP contribution is -2.43. The molecule has 3 N–H and O–H groups in total. The fraction of sp³-hybridized carbons (Fsp3) is 0.818. The number of amides is 1. The van der Waals surface area contributed by atoms with Crippen molar-refractivity contribution in [2.75, 3.05) is 13.1 Å². The molecule has 5 nitrogen and oxygen atoms in total. The first-order valence-corrected chi connectivity index (χ1v) is 5.89. The summed E-state index contributed by atoms with van der Waals surface area (Å²) in [6.07, 6.45) is 3.27. The molecule has 16 heavy (non-hydrogen) atoms. The van der Waals surface area contributed by atoms with E-state index in [9.17, 15) is 9.59 Å². The van der Waals surface area contributed by atoms with E-state index >= 15 is 0 Å². The van der Waals surface area contributed by atoms with Gasteiger partial charge in [-0.3, -0.25) is 9.59 Å². The molecule has 5 heteroatoms. The largest absolute Gasteiger partial charge is 0.481 e. The highest BCUT2D eigenvalue weighted by Gasteiger charge is 2.23. The molecule has 0 aromatic heterocycles. The topological polar surface area (TPSA) is 78.4 Å². The van der Waals surface area contributed by atoms with Crippen molar-refractivity contribution in [3.8, 4) is 0 Å². The van der Waals surface area contributed by atoms with E-state index in [-0.39, 0.29) is 18.5 Å². The van der Waals surface area contributed by atoms with Gasteiger partial charge in [-0.25, -0.2) is 0 Å². The lowest BCUT2D eigenvalue weighted by atomic mass is 10.0. The first-order chi connectivity index (χ1) is 7.65. The highest BCUT2D eigenvalue weighted by molar-refractivity contribution is 5.82. The van der Waals surface area contributed by atoms with Gasteiger partial charge in [0.05, 0.1) is 12.0 Å². The van der Waals surface area contributed by atoms with Crippen LogP contribution in [0.15, 0.2) is 0 Å². The predicted octanol–water partition coefficient (Wildman–Crippen LogP) is 0.356. The first kappa shape index (κ1) is 13.0. The third kappa shape index (κ3) is 3.81. The normalized spacial score (nSPS) is 21.7. The Balaban J connectivity index is 2.30. The van der Waals surface area contributed by atoms with Crippen molar-refractivity contribution in [3.05, 3.63) is 0 Å². The summed E-state index contributed by atoms with van der Waals surface area (Å²) in [5.74, 6) is -1.36. The molecule has 92 valence electrons. The third-order valence-electron chi connectivity index (χ3n) is 2.89. The number of carboxylic acid groups (broad SMARTS) is 1. The van der Waals surface area contributed by atoms with Gasteiger partial charge in [0.25, 0.3) is 0 Å². The second-order valence-electron chi connectivity index (χ2n) is 4.22. The maximum absolute atomic E-state index is 11.6. The molecule has 1 unspecified atom stereocenters. The molecule has 0 aromatic carbocycles. The molecule has 1 aliphatic heterocycles. The van der Waals surface area contributed by atoms with E-state index in [1.807, 2.05) is 6.92 Å². The molecule has 1 amide bonds. The second-order valence-corrected chi connectivity index (χ2v) is 4.22. The number of carboxylic acids is 1. The molecule has 1 aliphatic rings. The van der Waals surface area contributed by atoms with Gasteiger partial charge < -0.3 is 15.7 Å². The van der Waals surface area contributed by atoms with Crippen LogP contribution in [-0.4, -0.2) is 36.1 Å². The van der Waals surface area contributed by atoms with Crippen LogP contribution in [0.5, 0.6) is 0 Å². The molecule has 1 saturated heterocycles. The van der Waals surface area contributed by atoms with Gasteiger partial charge in [0.1, 0.15) is 0 Å². The number of aliphatic carboxylic acids is 1. The Morgan fingerprint density at radius 2 is 2.31 bits per heavy atom. The van der Waals surface area contributed by atoms with Gasteiger partial charge in [-0.1, -0.05) is 13.3 Å². The monoisotopic (exact) mass is 228 g/mol. The summed E-state index contributed by atoms with van der Waals surface area (Å²) in [6, 6.07) is -0.129. The molecular formula is C11H20N2O3. The Morgan fingerprint density at radius 3 is 2.81 bits per heavy atom. The van der Waals surface area contributed by atoms with Gasteiger partial charge >= 0.3 is 5.97 Å². The number of carbonyl (C=O) groups excluding carboxylic acids is 1. The standard InChI is InChI=1S/C11H20N2O3/c1-2-4-8(11(15)16)7-13-10(14)9-5-3-6-12-9/h8-9,12H,2-7H2,1H3,(H,13,14)(H,15,16)/t8?,9-/m0/s1. The number of rotatable bonds is 6. The summed E-state index contributed by atoms with van der Waals surface area (Å²) in [4.78, 5) is 22.5. The van der Waals surface area contributed by atoms with Crippen molar-refractivity contribution < 1.29 is 14.7 Å². The smallest absolute Gasteiger partial charge is 0.308 e. The van der Waals surface area contributed by atoms with Gasteiger partial charge in [-0.2, -0.15) is 0 Å². The Labute approximate surface area is 95.6 Å². The molecule has 1 heterocycles. The van der Waals surface area contributed by atoms with Gasteiger partial charge in [0.2, 0.25) is 5.91 Å². The van der Waals surface area contributed by atoms with Crippen LogP contribution in [-0.2, 0) is 9.59 Å². The van der Waals surface area contributed by atoms with Crippen LogP contribution in [0.1, 0.15) is 32.6 Å². The SMILES string of the molecule is CCCC(CNC(=O)[C@@H]1CCCN1)C(=O)O. The minimum Gasteiger partial charge on any atom is -0.481 e. The second kappa shape index (κ2) is 6.48. The summed E-state index contributed by atoms with van der Waals surface area (Å²) in [5.41, 5.74) is 0. The molecule has 0 spiro atoms. The van der Waals surface area contributed by atoms with Crippen LogP contribution < -0.4 is 10.6 Å². The summed E-state index contributed by atoms with van der Waals surface area (Å²) >= 11 is 0. The lowest BCUT2D eigenvalue weighted by Gasteiger charge is -2.15. The van der Waals surface area contributed by atoms with Crippen molar-refractivity contribution >= 4 is 11.9 Å². The Morgan fingerprint density at radius 1 is 1.56 bits per heavy atom. The first-order valence-electron chi connectivity index (χ1n) is 5.89. The Bertz CT molecular complexity index is 250. The zero-order valence-electron chi connectivity index (χ0n) is 9.66. The van der Waals surface area contributed by atoms with E-state index in [0.717, 1.165) is 25.8 Å². The van der Waals surface area contributed by atoms with Crippen molar-refractivity contribution in [1.29, 1.82) is 0 Å². The van der Waals surface area contributed by atoms with Crippen LogP contribution >= 0.6 is 0 Å². The van der Waals surface area contributed by atoms with Gasteiger partial charge in [0, 0.05) is 6.54 Å². The maximum atomic E-state index is 11.6. The molecule has 0 radical (unpaired) electrons. The van der Waals surface area contributed by atoms with E-state index in [1.54, 1.807) is 0 Å². The van der Waals surface area contributed by atoms with Crippen molar-refractivity contribution in [3.63, 3.8) is 0 Å². The zero-order chi connectivity index (χ0) is 12.0. The van der Waals surface area contributed by atoms with Gasteiger partial charge in [-0.15, -0.1) is 0 Å². The Kier molecular flexibility index (Phi) is 5.25. The predicted molar refractivity (Wildman–Crippen MR) is 60.1 cm³/mol. The minimum atomic E-state index is -0.832. The van der Waals surface area contributed by atoms with Crippen LogP contribution in [0.4, 0.5) is 0 Å². The van der Waals surface area contributed by atoms with Crippen molar-refractivity contribution in [2.45, 2.75) is 38.6 Å². The van der Waals surface area contributed by atoms with Crippen LogP contribution in [0.25, 0.3) is 0 Å². The van der Waals surface area contributed by atoms with Gasteiger partial charge in [-0.05, 0) is 25.8 Å². The number of hydrogen-bond donors (Lipinski definition) is 3. The van der Waals surface area contributed by atoms with Crippen LogP contribution in [0, 0.1) is 5.92 Å². The molecule has 0 aliphatic carbocycles. The molecule has 0 aromatic rings. The van der Waals surface area contributed by atoms with Crippen molar-refractivity contribution in [1.82, 2.24) is 10.6 Å². The van der Waals surface area contributed by atoms with E-state index in [0.29, 0.717) is 6.42 Å². The highest BCUT2D eigenvalue weighted by Crippen LogP contribution is 2.07. The molecular weight excluding hydrogens is 208 g/mol. The fourth-order valence-electron chi connectivity index (χ4n) is 1.92. The molecule has 2 atom stereocenters. The third-order valence-corrected chi connectivity index (χ3v) is 2.89. The number of carbonyl (C=O) groups is 2. The maximum Gasteiger partial charge on any atom is 0.308 e. The average Bonchev–Trinajstić information content (AvgIpc) is 2.76. The van der Waals surface area contributed by atoms with E-state index in [1.165, 1.54) is 0 Å². The lowest BCUT2D eigenvalue weighted by molar-refractivity contribution is -0.142. The fourth-order valence-corrected chi connectivity index (χ4v) is 1.92. The van der Waals surface area contributed by atoms with Gasteiger partial charge in [0.15, 0.2) is 0 Å². The molecule has 0 saturated carbocycles. The summed E-state index contributed by atoms with van der Waals surface area (Å²) < 4.78 is 0. The number of nitrogens with one attached hydrogen (secondary N) is 2. The summed E-state index contributed by atoms with van der Waals surface area (Å²) in [7, 11) is 0. The van der Waals surface area contributed by atoms with E-state index < -0.39 is 11.9 Å².